The molecule has 3 amide bonds. The van der Waals surface area contributed by atoms with E-state index in [2.05, 4.69) is 43.8 Å². The minimum absolute atomic E-state index is 0.0860. The molecule has 1 heterocycles. The predicted octanol–water partition coefficient (Wildman–Crippen LogP) is 5.87. The van der Waals surface area contributed by atoms with Crippen LogP contribution in [0.2, 0.25) is 0 Å². The average Bonchev–Trinajstić information content (AvgIpc) is 3.07. The van der Waals surface area contributed by atoms with E-state index in [9.17, 15) is 14.0 Å². The van der Waals surface area contributed by atoms with E-state index in [1.165, 1.54) is 25.3 Å². The van der Waals surface area contributed by atoms with Crippen molar-refractivity contribution in [3.8, 4) is 11.5 Å². The first-order valence-electron chi connectivity index (χ1n) is 10.2. The Morgan fingerprint density at radius 1 is 1.12 bits per heavy atom. The van der Waals surface area contributed by atoms with Crippen molar-refractivity contribution >= 4 is 56.5 Å². The minimum atomic E-state index is -0.608. The Bertz CT molecular complexity index is 1280. The summed E-state index contributed by atoms with van der Waals surface area (Å²) in [6, 6.07) is 16.9. The van der Waals surface area contributed by atoms with Crippen LogP contribution in [0.15, 0.2) is 70.8 Å². The van der Waals surface area contributed by atoms with E-state index < -0.39 is 17.8 Å². The SMILES string of the molecule is COc1cc(/C=C2/NC(=O)N(Cc3ccccc3F)C2=O)cc(Br)c1OCc1ccc(I)cc1. The molecule has 1 fully saturated rings. The molecule has 0 unspecified atom stereocenters. The molecule has 0 aliphatic carbocycles. The van der Waals surface area contributed by atoms with E-state index in [1.54, 1.807) is 24.3 Å². The summed E-state index contributed by atoms with van der Waals surface area (Å²) in [5.74, 6) is -0.0321. The van der Waals surface area contributed by atoms with Crippen molar-refractivity contribution in [2.24, 2.45) is 0 Å². The van der Waals surface area contributed by atoms with Crippen molar-refractivity contribution in [2.45, 2.75) is 13.2 Å². The molecular formula is C25H19BrFIN2O4. The maximum absolute atomic E-state index is 14.0. The number of nitrogens with one attached hydrogen (secondary N) is 1. The molecule has 6 nitrogen and oxygen atoms in total. The second kappa shape index (κ2) is 10.6. The lowest BCUT2D eigenvalue weighted by Crippen LogP contribution is -2.30. The van der Waals surface area contributed by atoms with Gasteiger partial charge in [-0.25, -0.2) is 9.18 Å². The normalized spacial score (nSPS) is 14.5. The van der Waals surface area contributed by atoms with E-state index >= 15 is 0 Å². The van der Waals surface area contributed by atoms with E-state index in [1.807, 2.05) is 24.3 Å². The minimum Gasteiger partial charge on any atom is -0.493 e. The van der Waals surface area contributed by atoms with Gasteiger partial charge in [0.15, 0.2) is 11.5 Å². The van der Waals surface area contributed by atoms with Gasteiger partial charge in [-0.15, -0.1) is 0 Å². The predicted molar refractivity (Wildman–Crippen MR) is 138 cm³/mol. The quantitative estimate of drug-likeness (QED) is 0.200. The van der Waals surface area contributed by atoms with Gasteiger partial charge in [-0.2, -0.15) is 0 Å². The number of hydrogen-bond donors (Lipinski definition) is 1. The molecule has 9 heteroatoms. The molecule has 3 aromatic carbocycles. The lowest BCUT2D eigenvalue weighted by molar-refractivity contribution is -0.123. The van der Waals surface area contributed by atoms with Gasteiger partial charge in [0.1, 0.15) is 18.1 Å². The van der Waals surface area contributed by atoms with Gasteiger partial charge in [0, 0.05) is 9.13 Å². The molecule has 1 saturated heterocycles. The number of rotatable bonds is 7. The van der Waals surface area contributed by atoms with E-state index in [0.717, 1.165) is 14.0 Å². The number of amides is 3. The van der Waals surface area contributed by atoms with Crippen molar-refractivity contribution in [3.05, 3.63) is 96.9 Å². The highest BCUT2D eigenvalue weighted by Gasteiger charge is 2.34. The molecular weight excluding hydrogens is 618 g/mol. The van der Waals surface area contributed by atoms with E-state index in [-0.39, 0.29) is 17.8 Å². The Morgan fingerprint density at radius 3 is 2.56 bits per heavy atom. The second-order valence-corrected chi connectivity index (χ2v) is 9.52. The van der Waals surface area contributed by atoms with Gasteiger partial charge < -0.3 is 14.8 Å². The van der Waals surface area contributed by atoms with Crippen LogP contribution < -0.4 is 14.8 Å². The summed E-state index contributed by atoms with van der Waals surface area (Å²) in [6.07, 6.45) is 1.54. The molecule has 0 atom stereocenters. The first-order valence-corrected chi connectivity index (χ1v) is 12.1. The number of methoxy groups -OCH3 is 1. The second-order valence-electron chi connectivity index (χ2n) is 7.42. The molecule has 0 saturated carbocycles. The van der Waals surface area contributed by atoms with Gasteiger partial charge in [0.2, 0.25) is 0 Å². The number of benzene rings is 3. The van der Waals surface area contributed by atoms with Crippen LogP contribution in [0.1, 0.15) is 16.7 Å². The molecule has 0 radical (unpaired) electrons. The van der Waals surface area contributed by atoms with Gasteiger partial charge in [-0.3, -0.25) is 9.69 Å². The van der Waals surface area contributed by atoms with Crippen molar-refractivity contribution in [3.63, 3.8) is 0 Å². The van der Waals surface area contributed by atoms with Crippen LogP contribution in [0.4, 0.5) is 9.18 Å². The number of imide groups is 1. The summed E-state index contributed by atoms with van der Waals surface area (Å²) in [6.45, 7) is 0.193. The summed E-state index contributed by atoms with van der Waals surface area (Å²) in [5, 5.41) is 2.55. The molecule has 0 aromatic heterocycles. The fourth-order valence-corrected chi connectivity index (χ4v) is 4.31. The zero-order valence-electron chi connectivity index (χ0n) is 18.0. The van der Waals surface area contributed by atoms with Gasteiger partial charge >= 0.3 is 6.03 Å². The summed E-state index contributed by atoms with van der Waals surface area (Å²) < 4.78 is 27.2. The average molecular weight is 637 g/mol. The topological polar surface area (TPSA) is 67.9 Å². The number of carbonyl (C=O) groups is 2. The highest BCUT2D eigenvalue weighted by atomic mass is 127. The maximum atomic E-state index is 14.0. The van der Waals surface area contributed by atoms with Crippen molar-refractivity contribution in [2.75, 3.05) is 7.11 Å². The molecule has 0 spiro atoms. The Labute approximate surface area is 218 Å². The highest BCUT2D eigenvalue weighted by molar-refractivity contribution is 14.1. The summed E-state index contributed by atoms with van der Waals surface area (Å²) >= 11 is 5.75. The van der Waals surface area contributed by atoms with Gasteiger partial charge in [-0.05, 0) is 86.1 Å². The van der Waals surface area contributed by atoms with Gasteiger partial charge in [0.05, 0.1) is 18.1 Å². The number of halogens is 3. The molecule has 3 aromatic rings. The first-order chi connectivity index (χ1) is 16.4. The molecule has 34 heavy (non-hydrogen) atoms. The van der Waals surface area contributed by atoms with Crippen LogP contribution in [0, 0.1) is 9.39 Å². The zero-order valence-corrected chi connectivity index (χ0v) is 21.7. The Hall–Kier alpha value is -2.92. The smallest absolute Gasteiger partial charge is 0.329 e. The Morgan fingerprint density at radius 2 is 1.85 bits per heavy atom. The first kappa shape index (κ1) is 24.2. The number of ether oxygens (including phenoxy) is 2. The number of hydrogen-bond acceptors (Lipinski definition) is 4. The third-order valence-corrected chi connectivity index (χ3v) is 6.42. The van der Waals surface area contributed by atoms with Crippen LogP contribution in [-0.4, -0.2) is 23.9 Å². The summed E-state index contributed by atoms with van der Waals surface area (Å²) in [7, 11) is 1.52. The lowest BCUT2D eigenvalue weighted by Gasteiger charge is -2.14. The van der Waals surface area contributed by atoms with Crippen LogP contribution in [0.3, 0.4) is 0 Å². The Balaban J connectivity index is 1.53. The molecule has 4 rings (SSSR count). The molecule has 0 bridgehead atoms. The lowest BCUT2D eigenvalue weighted by atomic mass is 10.1. The van der Waals surface area contributed by atoms with Crippen molar-refractivity contribution in [1.82, 2.24) is 10.2 Å². The number of carbonyl (C=O) groups excluding carboxylic acids is 2. The van der Waals surface area contributed by atoms with Crippen LogP contribution in [-0.2, 0) is 17.9 Å². The molecule has 174 valence electrons. The molecule has 1 aliphatic heterocycles. The molecule has 1 N–H and O–H groups in total. The fraction of sp³-hybridized carbons (Fsp3) is 0.120. The summed E-state index contributed by atoms with van der Waals surface area (Å²) in [4.78, 5) is 26.1. The van der Waals surface area contributed by atoms with Crippen LogP contribution in [0.25, 0.3) is 6.08 Å². The van der Waals surface area contributed by atoms with Crippen molar-refractivity contribution in [1.29, 1.82) is 0 Å². The van der Waals surface area contributed by atoms with Crippen molar-refractivity contribution < 1.29 is 23.5 Å². The number of urea groups is 1. The van der Waals surface area contributed by atoms with Gasteiger partial charge in [-0.1, -0.05) is 30.3 Å². The molecule has 1 aliphatic rings. The van der Waals surface area contributed by atoms with Crippen LogP contribution >= 0.6 is 38.5 Å². The highest BCUT2D eigenvalue weighted by Crippen LogP contribution is 2.38. The third kappa shape index (κ3) is 5.41. The Kier molecular flexibility index (Phi) is 7.52. The zero-order chi connectivity index (χ0) is 24.2. The summed E-state index contributed by atoms with van der Waals surface area (Å²) in [5.41, 5.74) is 1.96. The van der Waals surface area contributed by atoms with E-state index in [0.29, 0.717) is 28.1 Å². The fourth-order valence-electron chi connectivity index (χ4n) is 3.38. The number of nitrogens with zero attached hydrogens (tertiary/aromatic N) is 1. The maximum Gasteiger partial charge on any atom is 0.329 e. The third-order valence-electron chi connectivity index (χ3n) is 5.11. The largest absolute Gasteiger partial charge is 0.493 e. The monoisotopic (exact) mass is 636 g/mol. The van der Waals surface area contributed by atoms with E-state index in [4.69, 9.17) is 9.47 Å². The standard InChI is InChI=1S/C25H19BrFIN2O4/c1-33-22-12-16(10-19(26)23(22)34-14-15-6-8-18(28)9-7-15)11-21-24(31)30(25(32)29-21)13-17-4-2-3-5-20(17)27/h2-12H,13-14H2,1H3,(H,29,32)/b21-11+. The van der Waals surface area contributed by atoms with Crippen LogP contribution in [0.5, 0.6) is 11.5 Å². The van der Waals surface area contributed by atoms with Gasteiger partial charge in [0.25, 0.3) is 5.91 Å².